The van der Waals surface area contributed by atoms with Crippen LogP contribution in [0.5, 0.6) is 0 Å². The molecule has 2 N–H and O–H groups in total. The molecule has 0 spiro atoms. The third-order valence-electron chi connectivity index (χ3n) is 1.41. The molecule has 13 heavy (non-hydrogen) atoms. The average molecular weight is 185 g/mol. The summed E-state index contributed by atoms with van der Waals surface area (Å²) in [5, 5.41) is 14.5. The zero-order chi connectivity index (χ0) is 9.68. The smallest absolute Gasteiger partial charge is 0.409 e. The summed E-state index contributed by atoms with van der Waals surface area (Å²) >= 11 is 0. The van der Waals surface area contributed by atoms with Gasteiger partial charge < -0.3 is 9.84 Å². The molecule has 72 valence electrons. The highest BCUT2D eigenvalue weighted by molar-refractivity contribution is 5.82. The van der Waals surface area contributed by atoms with Crippen LogP contribution < -0.4 is 5.32 Å². The largest absolute Gasteiger partial charge is 0.465 e. The maximum atomic E-state index is 10.2. The Morgan fingerprint density at radius 1 is 1.85 bits per heavy atom. The van der Waals surface area contributed by atoms with Crippen LogP contribution >= 0.6 is 0 Å². The Kier molecular flexibility index (Phi) is 3.27. The van der Waals surface area contributed by atoms with Gasteiger partial charge in [-0.05, 0) is 0 Å². The van der Waals surface area contributed by atoms with Crippen LogP contribution in [0.1, 0.15) is 0 Å². The third-order valence-corrected chi connectivity index (χ3v) is 1.41. The van der Waals surface area contributed by atoms with Crippen molar-refractivity contribution < 1.29 is 14.6 Å². The van der Waals surface area contributed by atoms with Crippen molar-refractivity contribution in [2.24, 2.45) is 0 Å². The SMILES string of the molecule is COCCn1cc(NC(=O)O)cn1. The van der Waals surface area contributed by atoms with Crippen LogP contribution in [0, 0.1) is 0 Å². The summed E-state index contributed by atoms with van der Waals surface area (Å²) in [5.74, 6) is 0. The van der Waals surface area contributed by atoms with Gasteiger partial charge in [0.05, 0.1) is 25.0 Å². The molecule has 0 fully saturated rings. The van der Waals surface area contributed by atoms with E-state index in [1.54, 1.807) is 18.0 Å². The molecule has 0 bridgehead atoms. The number of methoxy groups -OCH3 is 1. The molecule has 0 atom stereocenters. The summed E-state index contributed by atoms with van der Waals surface area (Å²) in [6, 6.07) is 0. The molecule has 1 heterocycles. The number of anilines is 1. The van der Waals surface area contributed by atoms with Crippen LogP contribution in [-0.2, 0) is 11.3 Å². The van der Waals surface area contributed by atoms with E-state index in [0.29, 0.717) is 18.8 Å². The molecule has 0 saturated carbocycles. The summed E-state index contributed by atoms with van der Waals surface area (Å²) in [4.78, 5) is 10.2. The van der Waals surface area contributed by atoms with Gasteiger partial charge >= 0.3 is 6.09 Å². The number of nitrogens with one attached hydrogen (secondary N) is 1. The molecule has 0 aliphatic heterocycles. The molecular formula is C7H11N3O3. The molecule has 1 aromatic heterocycles. The van der Waals surface area contributed by atoms with Gasteiger partial charge in [0.1, 0.15) is 0 Å². The molecule has 1 aromatic rings. The lowest BCUT2D eigenvalue weighted by Crippen LogP contribution is -2.07. The van der Waals surface area contributed by atoms with Crippen LogP contribution in [-0.4, -0.2) is 34.7 Å². The Morgan fingerprint density at radius 3 is 3.23 bits per heavy atom. The van der Waals surface area contributed by atoms with Gasteiger partial charge in [-0.25, -0.2) is 4.79 Å². The van der Waals surface area contributed by atoms with Gasteiger partial charge in [0.25, 0.3) is 0 Å². The van der Waals surface area contributed by atoms with E-state index in [2.05, 4.69) is 10.4 Å². The highest BCUT2D eigenvalue weighted by Crippen LogP contribution is 2.03. The predicted molar refractivity (Wildman–Crippen MR) is 45.8 cm³/mol. The van der Waals surface area contributed by atoms with E-state index in [-0.39, 0.29) is 0 Å². The summed E-state index contributed by atoms with van der Waals surface area (Å²) < 4.78 is 6.44. The number of hydrogen-bond acceptors (Lipinski definition) is 3. The van der Waals surface area contributed by atoms with Gasteiger partial charge in [0, 0.05) is 13.3 Å². The molecule has 1 amide bonds. The number of rotatable bonds is 4. The van der Waals surface area contributed by atoms with Crippen molar-refractivity contribution in [3.05, 3.63) is 12.4 Å². The Balaban J connectivity index is 2.48. The van der Waals surface area contributed by atoms with E-state index in [4.69, 9.17) is 9.84 Å². The van der Waals surface area contributed by atoms with Crippen LogP contribution in [0.4, 0.5) is 10.5 Å². The first-order valence-electron chi connectivity index (χ1n) is 3.73. The first-order chi connectivity index (χ1) is 6.22. The van der Waals surface area contributed by atoms with Crippen molar-refractivity contribution in [1.29, 1.82) is 0 Å². The van der Waals surface area contributed by atoms with Gasteiger partial charge in [-0.15, -0.1) is 0 Å². The zero-order valence-corrected chi connectivity index (χ0v) is 7.23. The van der Waals surface area contributed by atoms with Crippen molar-refractivity contribution in [3.8, 4) is 0 Å². The Labute approximate surface area is 75.1 Å². The molecule has 6 heteroatoms. The fourth-order valence-electron chi connectivity index (χ4n) is 0.859. The number of ether oxygens (including phenoxy) is 1. The van der Waals surface area contributed by atoms with E-state index in [0.717, 1.165) is 0 Å². The minimum Gasteiger partial charge on any atom is -0.465 e. The monoisotopic (exact) mass is 185 g/mol. The summed E-state index contributed by atoms with van der Waals surface area (Å²) in [5.41, 5.74) is 0.462. The van der Waals surface area contributed by atoms with E-state index in [1.807, 2.05) is 0 Å². The molecule has 0 aliphatic rings. The topological polar surface area (TPSA) is 76.4 Å². The average Bonchev–Trinajstić information content (AvgIpc) is 2.48. The summed E-state index contributed by atoms with van der Waals surface area (Å²) in [6.07, 6.45) is 1.96. The van der Waals surface area contributed by atoms with E-state index >= 15 is 0 Å². The lowest BCUT2D eigenvalue weighted by molar-refractivity contribution is 0.183. The lowest BCUT2D eigenvalue weighted by Gasteiger charge is -1.98. The Bertz CT molecular complexity index is 284. The molecule has 0 unspecified atom stereocenters. The maximum absolute atomic E-state index is 10.2. The molecule has 6 nitrogen and oxygen atoms in total. The van der Waals surface area contributed by atoms with Gasteiger partial charge in [-0.1, -0.05) is 0 Å². The molecule has 0 radical (unpaired) electrons. The Hall–Kier alpha value is -1.56. The van der Waals surface area contributed by atoms with E-state index in [1.165, 1.54) is 6.20 Å². The molecular weight excluding hydrogens is 174 g/mol. The number of hydrogen-bond donors (Lipinski definition) is 2. The molecule has 0 aliphatic carbocycles. The Morgan fingerprint density at radius 2 is 2.62 bits per heavy atom. The minimum absolute atomic E-state index is 0.462. The lowest BCUT2D eigenvalue weighted by atomic mass is 10.6. The summed E-state index contributed by atoms with van der Waals surface area (Å²) in [6.45, 7) is 1.16. The van der Waals surface area contributed by atoms with Crippen LogP contribution in [0.25, 0.3) is 0 Å². The number of amides is 1. The van der Waals surface area contributed by atoms with E-state index in [9.17, 15) is 4.79 Å². The highest BCUT2D eigenvalue weighted by atomic mass is 16.5. The second kappa shape index (κ2) is 4.46. The van der Waals surface area contributed by atoms with Crippen LogP contribution in [0.3, 0.4) is 0 Å². The fraction of sp³-hybridized carbons (Fsp3) is 0.429. The van der Waals surface area contributed by atoms with Crippen molar-refractivity contribution in [3.63, 3.8) is 0 Å². The van der Waals surface area contributed by atoms with Crippen LogP contribution in [0.15, 0.2) is 12.4 Å². The third kappa shape index (κ3) is 3.12. The predicted octanol–water partition coefficient (Wildman–Crippen LogP) is 0.619. The quantitative estimate of drug-likeness (QED) is 0.720. The second-order valence-electron chi connectivity index (χ2n) is 2.42. The zero-order valence-electron chi connectivity index (χ0n) is 7.23. The highest BCUT2D eigenvalue weighted by Gasteiger charge is 2.00. The van der Waals surface area contributed by atoms with Crippen molar-refractivity contribution in [2.45, 2.75) is 6.54 Å². The number of nitrogens with zero attached hydrogens (tertiary/aromatic N) is 2. The van der Waals surface area contributed by atoms with Crippen molar-refractivity contribution >= 4 is 11.8 Å². The number of aromatic nitrogens is 2. The number of carboxylic acid groups (broad SMARTS) is 1. The number of carbonyl (C=O) groups is 1. The fourth-order valence-corrected chi connectivity index (χ4v) is 0.859. The maximum Gasteiger partial charge on any atom is 0.409 e. The minimum atomic E-state index is -1.09. The van der Waals surface area contributed by atoms with Crippen molar-refractivity contribution in [1.82, 2.24) is 9.78 Å². The molecule has 0 saturated heterocycles. The molecule has 1 rings (SSSR count). The first kappa shape index (κ1) is 9.53. The standard InChI is InChI=1S/C7H11N3O3/c1-13-3-2-10-5-6(4-8-10)9-7(11)12/h4-5,9H,2-3H2,1H3,(H,11,12). The second-order valence-corrected chi connectivity index (χ2v) is 2.42. The van der Waals surface area contributed by atoms with Gasteiger partial charge in [-0.3, -0.25) is 10.00 Å². The van der Waals surface area contributed by atoms with Crippen LogP contribution in [0.2, 0.25) is 0 Å². The van der Waals surface area contributed by atoms with Gasteiger partial charge in [0.2, 0.25) is 0 Å². The summed E-state index contributed by atoms with van der Waals surface area (Å²) in [7, 11) is 1.60. The van der Waals surface area contributed by atoms with Crippen molar-refractivity contribution in [2.75, 3.05) is 19.0 Å². The molecule has 0 aromatic carbocycles. The van der Waals surface area contributed by atoms with E-state index < -0.39 is 6.09 Å². The van der Waals surface area contributed by atoms with Gasteiger partial charge in [0.15, 0.2) is 0 Å². The normalized spacial score (nSPS) is 9.92. The van der Waals surface area contributed by atoms with Gasteiger partial charge in [-0.2, -0.15) is 5.10 Å². The first-order valence-corrected chi connectivity index (χ1v) is 3.73.